The molecule has 0 radical (unpaired) electrons. The lowest BCUT2D eigenvalue weighted by Crippen LogP contribution is -2.45. The molecule has 1 atom stereocenters. The maximum Gasteiger partial charge on any atom is 0.312 e. The first kappa shape index (κ1) is 24.8. The molecule has 31 heavy (non-hydrogen) atoms. The van der Waals surface area contributed by atoms with Gasteiger partial charge in [-0.15, -0.1) is 0 Å². The van der Waals surface area contributed by atoms with Gasteiger partial charge in [0.2, 0.25) is 0 Å². The predicted molar refractivity (Wildman–Crippen MR) is 116 cm³/mol. The SMILES string of the molecule is CCn1nc(CC(C)C)cc1C(=O)N1CCC2(CC1)CC(CN(C)C)OC2=O.O=CO. The molecule has 0 aliphatic carbocycles. The Hall–Kier alpha value is -2.42. The second-order valence-corrected chi connectivity index (χ2v) is 9.11. The van der Waals surface area contributed by atoms with Crippen molar-refractivity contribution in [1.29, 1.82) is 0 Å². The number of carbonyl (C=O) groups excluding carboxylic acids is 2. The third kappa shape index (κ3) is 6.06. The monoisotopic (exact) mass is 436 g/mol. The average Bonchev–Trinajstić information content (AvgIpc) is 3.22. The smallest absolute Gasteiger partial charge is 0.312 e. The van der Waals surface area contributed by atoms with E-state index in [4.69, 9.17) is 14.6 Å². The van der Waals surface area contributed by atoms with E-state index in [1.54, 1.807) is 4.68 Å². The van der Waals surface area contributed by atoms with E-state index in [9.17, 15) is 9.59 Å². The van der Waals surface area contributed by atoms with E-state index in [0.29, 0.717) is 44.1 Å². The van der Waals surface area contributed by atoms with Crippen LogP contribution in [0.25, 0.3) is 0 Å². The zero-order valence-electron chi connectivity index (χ0n) is 19.3. The van der Waals surface area contributed by atoms with Crippen LogP contribution in [0, 0.1) is 11.3 Å². The number of carbonyl (C=O) groups is 3. The maximum atomic E-state index is 13.1. The molecular formula is C22H36N4O5. The summed E-state index contributed by atoms with van der Waals surface area (Å²) in [5, 5.41) is 11.5. The standard InChI is InChI=1S/C21H34N4O3.CH2O2/c1-6-25-18(12-16(22-25)11-15(2)3)19(26)24-9-7-21(8-10-24)13-17(14-23(4)5)28-20(21)27;2-1-3/h12,15,17H,6-11,13-14H2,1-5H3;1H,(H,2,3). The third-order valence-electron chi connectivity index (χ3n) is 5.87. The summed E-state index contributed by atoms with van der Waals surface area (Å²) in [4.78, 5) is 37.9. The Labute approximate surface area is 184 Å². The normalized spacial score (nSPS) is 20.0. The van der Waals surface area contributed by atoms with Crippen molar-refractivity contribution in [2.45, 2.75) is 59.1 Å². The van der Waals surface area contributed by atoms with Gasteiger partial charge in [-0.2, -0.15) is 5.10 Å². The summed E-state index contributed by atoms with van der Waals surface area (Å²) >= 11 is 0. The summed E-state index contributed by atoms with van der Waals surface area (Å²) in [5.74, 6) is 0.446. The lowest BCUT2D eigenvalue weighted by molar-refractivity contribution is -0.150. The Morgan fingerprint density at radius 1 is 1.39 bits per heavy atom. The number of hydrogen-bond acceptors (Lipinski definition) is 6. The lowest BCUT2D eigenvalue weighted by Gasteiger charge is -2.36. The van der Waals surface area contributed by atoms with E-state index in [2.05, 4.69) is 23.8 Å². The third-order valence-corrected chi connectivity index (χ3v) is 5.87. The summed E-state index contributed by atoms with van der Waals surface area (Å²) in [7, 11) is 3.98. The minimum atomic E-state index is -0.411. The number of esters is 1. The van der Waals surface area contributed by atoms with Gasteiger partial charge in [0.15, 0.2) is 0 Å². The zero-order chi connectivity index (χ0) is 23.2. The van der Waals surface area contributed by atoms with Crippen molar-refractivity contribution in [3.8, 4) is 0 Å². The van der Waals surface area contributed by atoms with Gasteiger partial charge < -0.3 is 19.6 Å². The Morgan fingerprint density at radius 3 is 2.52 bits per heavy atom. The second-order valence-electron chi connectivity index (χ2n) is 9.11. The number of nitrogens with zero attached hydrogens (tertiary/aromatic N) is 4. The highest BCUT2D eigenvalue weighted by Gasteiger charge is 2.51. The number of carboxylic acid groups (broad SMARTS) is 1. The van der Waals surface area contributed by atoms with Crippen LogP contribution < -0.4 is 0 Å². The molecule has 1 amide bonds. The van der Waals surface area contributed by atoms with Crippen LogP contribution in [0.15, 0.2) is 6.07 Å². The molecule has 1 unspecified atom stereocenters. The van der Waals surface area contributed by atoms with Crippen LogP contribution in [0.1, 0.15) is 56.2 Å². The molecule has 174 valence electrons. The number of rotatable bonds is 6. The van der Waals surface area contributed by atoms with Crippen molar-refractivity contribution in [2.24, 2.45) is 11.3 Å². The zero-order valence-corrected chi connectivity index (χ0v) is 19.3. The predicted octanol–water partition coefficient (Wildman–Crippen LogP) is 1.90. The Kier molecular flexibility index (Phi) is 8.61. The van der Waals surface area contributed by atoms with Crippen LogP contribution in [0.3, 0.4) is 0 Å². The highest BCUT2D eigenvalue weighted by molar-refractivity contribution is 5.93. The van der Waals surface area contributed by atoms with Gasteiger partial charge in [-0.25, -0.2) is 0 Å². The summed E-state index contributed by atoms with van der Waals surface area (Å²) < 4.78 is 7.43. The number of likely N-dealkylation sites (N-methyl/N-ethyl adjacent to an activating group) is 1. The molecule has 0 bridgehead atoms. The van der Waals surface area contributed by atoms with Gasteiger partial charge in [0.1, 0.15) is 11.8 Å². The number of ether oxygens (including phenoxy) is 1. The van der Waals surface area contributed by atoms with E-state index in [1.807, 2.05) is 32.0 Å². The first-order valence-electron chi connectivity index (χ1n) is 11.0. The molecule has 2 fully saturated rings. The van der Waals surface area contributed by atoms with Crippen molar-refractivity contribution in [3.05, 3.63) is 17.5 Å². The molecule has 3 rings (SSSR count). The van der Waals surface area contributed by atoms with E-state index in [1.165, 1.54) is 0 Å². The van der Waals surface area contributed by atoms with E-state index in [0.717, 1.165) is 25.1 Å². The van der Waals surface area contributed by atoms with Gasteiger partial charge in [-0.3, -0.25) is 19.1 Å². The van der Waals surface area contributed by atoms with Crippen LogP contribution in [0.4, 0.5) is 0 Å². The topological polar surface area (TPSA) is 105 Å². The molecule has 2 saturated heterocycles. The first-order chi connectivity index (χ1) is 14.7. The molecule has 1 N–H and O–H groups in total. The molecule has 9 nitrogen and oxygen atoms in total. The van der Waals surface area contributed by atoms with Gasteiger partial charge in [0, 0.05) is 32.6 Å². The minimum absolute atomic E-state index is 0.0235. The van der Waals surface area contributed by atoms with Gasteiger partial charge in [-0.1, -0.05) is 13.8 Å². The summed E-state index contributed by atoms with van der Waals surface area (Å²) in [5.41, 5.74) is 1.22. The highest BCUT2D eigenvalue weighted by atomic mass is 16.6. The number of likely N-dealkylation sites (tertiary alicyclic amines) is 1. The fraction of sp³-hybridized carbons (Fsp3) is 0.727. The molecule has 1 spiro atoms. The molecule has 2 aliphatic heterocycles. The fourth-order valence-electron chi connectivity index (χ4n) is 4.46. The molecule has 3 heterocycles. The van der Waals surface area contributed by atoms with Crippen molar-refractivity contribution >= 4 is 18.3 Å². The van der Waals surface area contributed by atoms with Gasteiger partial charge in [0.05, 0.1) is 11.1 Å². The number of hydrogen-bond donors (Lipinski definition) is 1. The quantitative estimate of drug-likeness (QED) is 0.536. The molecule has 9 heteroatoms. The second kappa shape index (κ2) is 10.7. The Morgan fingerprint density at radius 2 is 2.00 bits per heavy atom. The molecular weight excluding hydrogens is 400 g/mol. The minimum Gasteiger partial charge on any atom is -0.483 e. The van der Waals surface area contributed by atoms with Crippen LogP contribution in [0.5, 0.6) is 0 Å². The number of aryl methyl sites for hydroxylation is 1. The fourth-order valence-corrected chi connectivity index (χ4v) is 4.46. The largest absolute Gasteiger partial charge is 0.483 e. The van der Waals surface area contributed by atoms with Crippen molar-refractivity contribution < 1.29 is 24.2 Å². The van der Waals surface area contributed by atoms with E-state index in [-0.39, 0.29) is 24.5 Å². The van der Waals surface area contributed by atoms with Crippen molar-refractivity contribution in [3.63, 3.8) is 0 Å². The first-order valence-corrected chi connectivity index (χ1v) is 11.0. The van der Waals surface area contributed by atoms with Gasteiger partial charge in [-0.05, 0) is 52.3 Å². The van der Waals surface area contributed by atoms with Gasteiger partial charge in [0.25, 0.3) is 12.4 Å². The highest BCUT2D eigenvalue weighted by Crippen LogP contribution is 2.43. The van der Waals surface area contributed by atoms with Crippen LogP contribution in [0.2, 0.25) is 0 Å². The Bertz CT molecular complexity index is 766. The van der Waals surface area contributed by atoms with E-state index < -0.39 is 5.41 Å². The summed E-state index contributed by atoms with van der Waals surface area (Å²) in [6.45, 7) is 8.68. The Balaban J connectivity index is 0.00000107. The molecule has 1 aromatic heterocycles. The molecule has 0 aromatic carbocycles. The van der Waals surface area contributed by atoms with Crippen molar-refractivity contribution in [1.82, 2.24) is 19.6 Å². The number of amides is 1. The number of aromatic nitrogens is 2. The molecule has 1 aromatic rings. The van der Waals surface area contributed by atoms with Crippen molar-refractivity contribution in [2.75, 3.05) is 33.7 Å². The maximum absolute atomic E-state index is 13.1. The number of piperidine rings is 1. The number of cyclic esters (lactones) is 1. The molecule has 2 aliphatic rings. The van der Waals surface area contributed by atoms with Gasteiger partial charge >= 0.3 is 5.97 Å². The van der Waals surface area contributed by atoms with Crippen LogP contribution >= 0.6 is 0 Å². The average molecular weight is 437 g/mol. The van der Waals surface area contributed by atoms with Crippen LogP contribution in [-0.2, 0) is 27.3 Å². The lowest BCUT2D eigenvalue weighted by atomic mass is 9.76. The van der Waals surface area contributed by atoms with Crippen LogP contribution in [-0.4, -0.2) is 82.9 Å². The summed E-state index contributed by atoms with van der Waals surface area (Å²) in [6.07, 6.45) is 2.96. The molecule has 0 saturated carbocycles. The van der Waals surface area contributed by atoms with E-state index >= 15 is 0 Å². The summed E-state index contributed by atoms with van der Waals surface area (Å²) in [6, 6.07) is 1.94.